The molecule has 5 rings (SSSR count). The number of nitrogens with one attached hydrogen (secondary N) is 1. The van der Waals surface area contributed by atoms with Crippen LogP contribution in [0.15, 0.2) is 42.9 Å². The maximum absolute atomic E-state index is 13.0. The van der Waals surface area contributed by atoms with E-state index in [1.54, 1.807) is 6.20 Å². The number of aromatic amines is 1. The molecule has 6 nitrogen and oxygen atoms in total. The van der Waals surface area contributed by atoms with Crippen LogP contribution in [0.25, 0.3) is 10.9 Å². The lowest BCUT2D eigenvalue weighted by atomic mass is 9.78. The Hall–Kier alpha value is -2.89. The SMILES string of the molecule is Cc1cncc(N2CCC3(CCCC(=O)N3Cc3cccc4[nH]ccc34)CC2)n1. The Morgan fingerprint density at radius 2 is 2.00 bits per heavy atom. The van der Waals surface area contributed by atoms with Crippen molar-refractivity contribution in [2.45, 2.75) is 51.1 Å². The predicted octanol–water partition coefficient (Wildman–Crippen LogP) is 3.82. The number of H-pyrrole nitrogens is 1. The van der Waals surface area contributed by atoms with Gasteiger partial charge in [0.05, 0.1) is 11.9 Å². The second kappa shape index (κ2) is 7.17. The number of likely N-dealkylation sites (tertiary alicyclic amines) is 1. The molecule has 6 heteroatoms. The third kappa shape index (κ3) is 3.26. The van der Waals surface area contributed by atoms with Gasteiger partial charge in [0.15, 0.2) is 0 Å². The standard InChI is InChI=1S/C23H27N5O/c1-17-14-24-15-21(26-17)27-12-9-23(10-13-27)8-3-6-22(29)28(23)16-18-4-2-5-20-19(18)7-11-25-20/h2,4-5,7,11,14-15,25H,3,6,8-10,12-13,16H2,1H3. The van der Waals surface area contributed by atoms with Gasteiger partial charge in [-0.05, 0) is 50.3 Å². The molecule has 2 aliphatic heterocycles. The molecule has 1 N–H and O–H groups in total. The van der Waals surface area contributed by atoms with Crippen LogP contribution in [-0.4, -0.2) is 44.4 Å². The molecular formula is C23H27N5O. The molecule has 0 radical (unpaired) electrons. The lowest BCUT2D eigenvalue weighted by molar-refractivity contribution is -0.144. The molecule has 0 bridgehead atoms. The number of amides is 1. The van der Waals surface area contributed by atoms with Crippen molar-refractivity contribution in [1.82, 2.24) is 19.9 Å². The lowest BCUT2D eigenvalue weighted by Crippen LogP contribution is -2.59. The number of fused-ring (bicyclic) bond motifs is 1. The molecule has 1 aromatic carbocycles. The fourth-order valence-electron chi connectivity index (χ4n) is 5.09. The number of hydrogen-bond donors (Lipinski definition) is 1. The molecular weight excluding hydrogens is 362 g/mol. The molecule has 2 saturated heterocycles. The van der Waals surface area contributed by atoms with E-state index in [0.29, 0.717) is 18.9 Å². The highest BCUT2D eigenvalue weighted by Gasteiger charge is 2.44. The first-order valence-electron chi connectivity index (χ1n) is 10.5. The monoisotopic (exact) mass is 389 g/mol. The number of carbonyl (C=O) groups is 1. The van der Waals surface area contributed by atoms with E-state index in [0.717, 1.165) is 55.8 Å². The van der Waals surface area contributed by atoms with E-state index >= 15 is 0 Å². The van der Waals surface area contributed by atoms with E-state index in [-0.39, 0.29) is 5.54 Å². The normalized spacial score (nSPS) is 19.3. The van der Waals surface area contributed by atoms with Crippen molar-refractivity contribution >= 4 is 22.6 Å². The van der Waals surface area contributed by atoms with Crippen molar-refractivity contribution in [3.63, 3.8) is 0 Å². The first-order valence-corrected chi connectivity index (χ1v) is 10.5. The minimum absolute atomic E-state index is 0.0401. The molecule has 4 heterocycles. The van der Waals surface area contributed by atoms with Crippen LogP contribution in [0.1, 0.15) is 43.4 Å². The van der Waals surface area contributed by atoms with Crippen molar-refractivity contribution in [2.75, 3.05) is 18.0 Å². The Labute approximate surface area is 171 Å². The van der Waals surface area contributed by atoms with E-state index in [2.05, 4.69) is 49.0 Å². The average molecular weight is 390 g/mol. The largest absolute Gasteiger partial charge is 0.361 e. The van der Waals surface area contributed by atoms with Gasteiger partial charge in [0.1, 0.15) is 5.82 Å². The second-order valence-electron chi connectivity index (χ2n) is 8.42. The summed E-state index contributed by atoms with van der Waals surface area (Å²) in [7, 11) is 0. The van der Waals surface area contributed by atoms with Crippen molar-refractivity contribution in [3.05, 3.63) is 54.1 Å². The Balaban J connectivity index is 1.39. The highest BCUT2D eigenvalue weighted by Crippen LogP contribution is 2.40. The number of rotatable bonds is 3. The van der Waals surface area contributed by atoms with Gasteiger partial charge < -0.3 is 14.8 Å². The Bertz CT molecular complexity index is 1030. The summed E-state index contributed by atoms with van der Waals surface area (Å²) in [6, 6.07) is 8.44. The summed E-state index contributed by atoms with van der Waals surface area (Å²) in [6.07, 6.45) is 10.3. The summed E-state index contributed by atoms with van der Waals surface area (Å²) >= 11 is 0. The lowest BCUT2D eigenvalue weighted by Gasteiger charge is -2.51. The smallest absolute Gasteiger partial charge is 0.223 e. The third-order valence-corrected chi connectivity index (χ3v) is 6.68. The minimum atomic E-state index is -0.0401. The molecule has 1 amide bonds. The average Bonchev–Trinajstić information content (AvgIpc) is 3.21. The van der Waals surface area contributed by atoms with Gasteiger partial charge in [-0.15, -0.1) is 0 Å². The molecule has 2 aliphatic rings. The number of piperidine rings is 2. The molecule has 29 heavy (non-hydrogen) atoms. The summed E-state index contributed by atoms with van der Waals surface area (Å²) in [5, 5.41) is 1.22. The molecule has 0 saturated carbocycles. The van der Waals surface area contributed by atoms with Gasteiger partial charge >= 0.3 is 0 Å². The topological polar surface area (TPSA) is 65.1 Å². The summed E-state index contributed by atoms with van der Waals surface area (Å²) < 4.78 is 0. The third-order valence-electron chi connectivity index (χ3n) is 6.68. The first kappa shape index (κ1) is 18.2. The molecule has 150 valence electrons. The van der Waals surface area contributed by atoms with Gasteiger partial charge in [0, 0.05) is 54.9 Å². The Kier molecular flexibility index (Phi) is 4.49. The number of anilines is 1. The van der Waals surface area contributed by atoms with Crippen LogP contribution in [0.2, 0.25) is 0 Å². The van der Waals surface area contributed by atoms with Crippen LogP contribution in [0.3, 0.4) is 0 Å². The number of benzene rings is 1. The van der Waals surface area contributed by atoms with Gasteiger partial charge in [0.25, 0.3) is 0 Å². The van der Waals surface area contributed by atoms with Gasteiger partial charge in [-0.1, -0.05) is 12.1 Å². The summed E-state index contributed by atoms with van der Waals surface area (Å²) in [5.41, 5.74) is 3.26. The van der Waals surface area contributed by atoms with E-state index in [1.165, 1.54) is 10.9 Å². The van der Waals surface area contributed by atoms with Crippen molar-refractivity contribution in [3.8, 4) is 0 Å². The van der Waals surface area contributed by atoms with Gasteiger partial charge in [-0.3, -0.25) is 9.78 Å². The van der Waals surface area contributed by atoms with Crippen LogP contribution in [0.4, 0.5) is 5.82 Å². The number of aryl methyl sites for hydroxylation is 1. The zero-order valence-corrected chi connectivity index (χ0v) is 16.9. The van der Waals surface area contributed by atoms with E-state index < -0.39 is 0 Å². The van der Waals surface area contributed by atoms with E-state index in [4.69, 9.17) is 0 Å². The van der Waals surface area contributed by atoms with Gasteiger partial charge in [-0.25, -0.2) is 4.98 Å². The number of nitrogens with zero attached hydrogens (tertiary/aromatic N) is 4. The molecule has 0 unspecified atom stereocenters. The van der Waals surface area contributed by atoms with Crippen molar-refractivity contribution in [1.29, 1.82) is 0 Å². The quantitative estimate of drug-likeness (QED) is 0.740. The van der Waals surface area contributed by atoms with Gasteiger partial charge in [0.2, 0.25) is 5.91 Å². The van der Waals surface area contributed by atoms with Crippen LogP contribution in [0, 0.1) is 6.92 Å². The molecule has 0 aliphatic carbocycles. The molecule has 2 aromatic heterocycles. The molecule has 2 fully saturated rings. The van der Waals surface area contributed by atoms with Crippen LogP contribution in [0.5, 0.6) is 0 Å². The predicted molar refractivity (Wildman–Crippen MR) is 114 cm³/mol. The fraction of sp³-hybridized carbons (Fsp3) is 0.435. The number of aromatic nitrogens is 3. The summed E-state index contributed by atoms with van der Waals surface area (Å²) in [5.74, 6) is 1.25. The minimum Gasteiger partial charge on any atom is -0.361 e. The van der Waals surface area contributed by atoms with Crippen molar-refractivity contribution < 1.29 is 4.79 Å². The van der Waals surface area contributed by atoms with E-state index in [9.17, 15) is 4.79 Å². The molecule has 3 aromatic rings. The Morgan fingerprint density at radius 1 is 1.14 bits per heavy atom. The zero-order valence-electron chi connectivity index (χ0n) is 16.9. The highest BCUT2D eigenvalue weighted by atomic mass is 16.2. The van der Waals surface area contributed by atoms with Crippen LogP contribution in [-0.2, 0) is 11.3 Å². The fourth-order valence-corrected chi connectivity index (χ4v) is 5.09. The number of hydrogen-bond acceptors (Lipinski definition) is 4. The second-order valence-corrected chi connectivity index (χ2v) is 8.42. The van der Waals surface area contributed by atoms with Crippen LogP contribution < -0.4 is 4.90 Å². The highest BCUT2D eigenvalue weighted by molar-refractivity contribution is 5.84. The number of carbonyl (C=O) groups excluding carboxylic acids is 1. The first-order chi connectivity index (χ1) is 14.1. The molecule has 0 atom stereocenters. The van der Waals surface area contributed by atoms with Crippen LogP contribution >= 0.6 is 0 Å². The van der Waals surface area contributed by atoms with E-state index in [1.807, 2.05) is 19.3 Å². The van der Waals surface area contributed by atoms with Gasteiger partial charge in [-0.2, -0.15) is 0 Å². The maximum atomic E-state index is 13.0. The summed E-state index contributed by atoms with van der Waals surface area (Å²) in [4.78, 5) is 29.8. The molecule has 1 spiro atoms. The summed E-state index contributed by atoms with van der Waals surface area (Å²) in [6.45, 7) is 4.50. The maximum Gasteiger partial charge on any atom is 0.223 e. The zero-order chi connectivity index (χ0) is 19.8. The Morgan fingerprint density at radius 3 is 2.83 bits per heavy atom. The van der Waals surface area contributed by atoms with Crippen molar-refractivity contribution in [2.24, 2.45) is 0 Å².